The molecule has 0 spiro atoms. The van der Waals surface area contributed by atoms with Gasteiger partial charge < -0.3 is 47.0 Å². The van der Waals surface area contributed by atoms with Crippen molar-refractivity contribution < 1.29 is 39.3 Å². The molecule has 15 heteroatoms. The molecule has 2 aromatic heterocycles. The molecule has 5 unspecified atom stereocenters. The maximum Gasteiger partial charge on any atom is 0.326 e. The number of nitrogens with zero attached hydrogens (tertiary/aromatic N) is 1. The van der Waals surface area contributed by atoms with E-state index in [1.165, 1.54) is 19.4 Å². The number of aliphatic hydroxyl groups is 1. The molecule has 220 valence electrons. The molecule has 2 heterocycles. The van der Waals surface area contributed by atoms with Crippen LogP contribution in [0.4, 0.5) is 0 Å². The lowest BCUT2D eigenvalue weighted by Gasteiger charge is -2.26. The number of carbonyl (C=O) groups is 5. The number of hydrogen-bond donors (Lipinski definition) is 9. The molecule has 0 saturated carbocycles. The number of carboxylic acid groups (broad SMARTS) is 2. The molecule has 0 aliphatic rings. The van der Waals surface area contributed by atoms with Gasteiger partial charge in [0.2, 0.25) is 17.7 Å². The summed E-state index contributed by atoms with van der Waals surface area (Å²) in [6.45, 7) is 1.24. The van der Waals surface area contributed by atoms with Gasteiger partial charge in [-0.05, 0) is 25.0 Å². The summed E-state index contributed by atoms with van der Waals surface area (Å²) in [4.78, 5) is 71.5. The number of carboxylic acids is 2. The highest BCUT2D eigenvalue weighted by atomic mass is 16.4. The van der Waals surface area contributed by atoms with Crippen molar-refractivity contribution in [3.63, 3.8) is 0 Å². The van der Waals surface area contributed by atoms with Crippen LogP contribution in [0.5, 0.6) is 0 Å². The Balaban J connectivity index is 1.82. The van der Waals surface area contributed by atoms with Crippen LogP contribution in [0.3, 0.4) is 0 Å². The van der Waals surface area contributed by atoms with E-state index in [0.717, 1.165) is 10.9 Å². The second kappa shape index (κ2) is 14.0. The van der Waals surface area contributed by atoms with E-state index in [4.69, 9.17) is 10.8 Å². The molecule has 3 aromatic rings. The molecule has 41 heavy (non-hydrogen) atoms. The maximum absolute atomic E-state index is 13.4. The number of aromatic nitrogens is 3. The minimum Gasteiger partial charge on any atom is -0.481 e. The zero-order valence-electron chi connectivity index (χ0n) is 22.2. The third kappa shape index (κ3) is 8.61. The Bertz CT molecular complexity index is 1370. The Morgan fingerprint density at radius 3 is 2.29 bits per heavy atom. The molecule has 15 nitrogen and oxygen atoms in total. The number of benzene rings is 1. The van der Waals surface area contributed by atoms with E-state index in [1.54, 1.807) is 12.3 Å². The van der Waals surface area contributed by atoms with Crippen LogP contribution in [-0.4, -0.2) is 90.2 Å². The summed E-state index contributed by atoms with van der Waals surface area (Å²) in [7, 11) is 0. The second-order valence-electron chi connectivity index (χ2n) is 9.57. The number of imidazole rings is 1. The Hall–Kier alpha value is -4.76. The minimum absolute atomic E-state index is 0.0589. The van der Waals surface area contributed by atoms with E-state index < -0.39 is 59.9 Å². The summed E-state index contributed by atoms with van der Waals surface area (Å²) < 4.78 is 0. The molecule has 10 N–H and O–H groups in total. The van der Waals surface area contributed by atoms with Crippen LogP contribution in [0, 0.1) is 0 Å². The highest BCUT2D eigenvalue weighted by Crippen LogP contribution is 2.19. The Kier molecular flexibility index (Phi) is 10.5. The molecule has 3 rings (SSSR count). The monoisotopic (exact) mass is 571 g/mol. The topological polar surface area (TPSA) is 253 Å². The first-order valence-corrected chi connectivity index (χ1v) is 12.8. The summed E-state index contributed by atoms with van der Waals surface area (Å²) in [6, 6.07) is 1.77. The third-order valence-electron chi connectivity index (χ3n) is 6.39. The molecule has 0 fully saturated rings. The number of hydrogen-bond acceptors (Lipinski definition) is 8. The van der Waals surface area contributed by atoms with Gasteiger partial charge in [0.25, 0.3) is 0 Å². The quantitative estimate of drug-likeness (QED) is 0.105. The number of nitrogens with one attached hydrogen (secondary N) is 5. The molecule has 0 aliphatic carbocycles. The Morgan fingerprint density at radius 2 is 1.66 bits per heavy atom. The van der Waals surface area contributed by atoms with E-state index >= 15 is 0 Å². The average Bonchev–Trinajstić information content (AvgIpc) is 3.59. The fourth-order valence-electron chi connectivity index (χ4n) is 4.16. The molecule has 0 aliphatic heterocycles. The maximum atomic E-state index is 13.4. The van der Waals surface area contributed by atoms with Crippen LogP contribution in [0.25, 0.3) is 10.9 Å². The van der Waals surface area contributed by atoms with Crippen LogP contribution >= 0.6 is 0 Å². The molecule has 1 aromatic carbocycles. The van der Waals surface area contributed by atoms with E-state index in [1.807, 2.05) is 18.2 Å². The SMILES string of the molecule is CC(O)C(NC(=O)C(N)CCC(=O)O)C(=O)NC(Cc1c[nH]c2ccccc12)C(=O)NC(Cc1cnc[nH]1)C(=O)O. The van der Waals surface area contributed by atoms with Crippen LogP contribution in [-0.2, 0) is 36.8 Å². The van der Waals surface area contributed by atoms with Gasteiger partial charge in [0.1, 0.15) is 18.1 Å². The summed E-state index contributed by atoms with van der Waals surface area (Å²) in [5, 5.41) is 36.8. The van der Waals surface area contributed by atoms with Crippen molar-refractivity contribution >= 4 is 40.6 Å². The minimum atomic E-state index is -1.54. The Morgan fingerprint density at radius 1 is 0.951 bits per heavy atom. The molecular formula is C26H33N7O8. The predicted octanol–water partition coefficient (Wildman–Crippen LogP) is -1.21. The lowest BCUT2D eigenvalue weighted by Crippen LogP contribution is -2.60. The number of aromatic amines is 2. The van der Waals surface area contributed by atoms with Crippen LogP contribution in [0.15, 0.2) is 43.0 Å². The summed E-state index contributed by atoms with van der Waals surface area (Å²) in [6.07, 6.45) is 2.29. The number of aliphatic hydroxyl groups excluding tert-OH is 1. The lowest BCUT2D eigenvalue weighted by molar-refractivity contribution is -0.142. The van der Waals surface area contributed by atoms with Crippen LogP contribution in [0.2, 0.25) is 0 Å². The average molecular weight is 572 g/mol. The number of aliphatic carboxylic acids is 2. The molecule has 0 bridgehead atoms. The van der Waals surface area contributed by atoms with Gasteiger partial charge in [-0.1, -0.05) is 18.2 Å². The van der Waals surface area contributed by atoms with E-state index in [9.17, 15) is 34.2 Å². The second-order valence-corrected chi connectivity index (χ2v) is 9.57. The number of carbonyl (C=O) groups excluding carboxylic acids is 3. The van der Waals surface area contributed by atoms with Crippen molar-refractivity contribution in [2.24, 2.45) is 5.73 Å². The normalized spacial score (nSPS) is 14.8. The molecule has 0 saturated heterocycles. The predicted molar refractivity (Wildman–Crippen MR) is 144 cm³/mol. The zero-order valence-corrected chi connectivity index (χ0v) is 22.2. The third-order valence-corrected chi connectivity index (χ3v) is 6.39. The first-order valence-electron chi connectivity index (χ1n) is 12.8. The lowest BCUT2D eigenvalue weighted by atomic mass is 10.0. The number of amides is 3. The molecule has 3 amide bonds. The van der Waals surface area contributed by atoms with Crippen molar-refractivity contribution in [2.45, 2.75) is 62.9 Å². The van der Waals surface area contributed by atoms with Crippen molar-refractivity contribution in [1.82, 2.24) is 30.9 Å². The van der Waals surface area contributed by atoms with Gasteiger partial charge >= 0.3 is 11.9 Å². The van der Waals surface area contributed by atoms with Gasteiger partial charge in [-0.2, -0.15) is 0 Å². The van der Waals surface area contributed by atoms with Crippen molar-refractivity contribution in [2.75, 3.05) is 0 Å². The van der Waals surface area contributed by atoms with Crippen molar-refractivity contribution in [1.29, 1.82) is 0 Å². The van der Waals surface area contributed by atoms with Crippen molar-refractivity contribution in [3.05, 3.63) is 54.2 Å². The van der Waals surface area contributed by atoms with Gasteiger partial charge in [0, 0.05) is 48.3 Å². The number of para-hydroxylation sites is 1. The first-order chi connectivity index (χ1) is 19.5. The number of H-pyrrole nitrogens is 2. The van der Waals surface area contributed by atoms with Gasteiger partial charge in [0.15, 0.2) is 0 Å². The fourth-order valence-corrected chi connectivity index (χ4v) is 4.16. The van der Waals surface area contributed by atoms with Gasteiger partial charge in [-0.25, -0.2) is 9.78 Å². The number of rotatable bonds is 15. The Labute approximate surface area is 233 Å². The summed E-state index contributed by atoms with van der Waals surface area (Å²) in [5.41, 5.74) is 7.62. The van der Waals surface area contributed by atoms with E-state index in [-0.39, 0.29) is 25.7 Å². The number of nitrogens with two attached hydrogens (primary N) is 1. The van der Waals surface area contributed by atoms with E-state index in [2.05, 4.69) is 30.9 Å². The summed E-state index contributed by atoms with van der Waals surface area (Å²) >= 11 is 0. The van der Waals surface area contributed by atoms with Gasteiger partial charge in [-0.15, -0.1) is 0 Å². The zero-order chi connectivity index (χ0) is 30.1. The smallest absolute Gasteiger partial charge is 0.326 e. The van der Waals surface area contributed by atoms with Crippen LogP contribution in [0.1, 0.15) is 31.0 Å². The standard InChI is InChI=1S/C26H33N7O8/c1-13(34)22(33-23(37)17(27)6-7-21(35)36)25(39)31-19(8-14-10-29-18-5-3-2-4-16(14)18)24(38)32-20(26(40)41)9-15-11-28-12-30-15/h2-5,10-13,17,19-20,22,29,34H,6-9,27H2,1H3,(H,28,30)(H,31,39)(H,32,38)(H,33,37)(H,35,36)(H,40,41). The van der Waals surface area contributed by atoms with Gasteiger partial charge in [-0.3, -0.25) is 19.2 Å². The first kappa shape index (κ1) is 30.8. The highest BCUT2D eigenvalue weighted by Gasteiger charge is 2.33. The van der Waals surface area contributed by atoms with E-state index in [0.29, 0.717) is 11.3 Å². The largest absolute Gasteiger partial charge is 0.481 e. The van der Waals surface area contributed by atoms with Crippen molar-refractivity contribution in [3.8, 4) is 0 Å². The molecular weight excluding hydrogens is 538 g/mol. The van der Waals surface area contributed by atoms with Gasteiger partial charge in [0.05, 0.1) is 18.5 Å². The van der Waals surface area contributed by atoms with Crippen LogP contribution < -0.4 is 21.7 Å². The number of fused-ring (bicyclic) bond motifs is 1. The molecule has 0 radical (unpaired) electrons. The fraction of sp³-hybridized carbons (Fsp3) is 0.385. The summed E-state index contributed by atoms with van der Waals surface area (Å²) in [5.74, 6) is -5.08. The highest BCUT2D eigenvalue weighted by molar-refractivity contribution is 5.95. The molecule has 5 atom stereocenters.